The number of hydrogen-bond acceptors (Lipinski definition) is 19. The Balaban J connectivity index is 0.000000208. The Hall–Kier alpha value is -9.02. The molecule has 2 amide bonds. The molecule has 0 aliphatic heterocycles. The van der Waals surface area contributed by atoms with Gasteiger partial charge in [-0.2, -0.15) is 19.9 Å². The number of hydrogen-bond donors (Lipinski definition) is 5. The number of nitrogens with two attached hydrogens (primary N) is 4. The minimum absolute atomic E-state index is 0.0000818. The minimum Gasteiger partial charge on any atom is -0.478 e. The molecular weight excluding hydrogens is 770 g/mol. The molecule has 59 heavy (non-hydrogen) atoms. The number of aromatic carboxylic acids is 1. The Labute approximate surface area is 330 Å². The number of non-ortho nitro benzene ring substituents is 1. The second kappa shape index (κ2) is 17.2. The van der Waals surface area contributed by atoms with Crippen molar-refractivity contribution in [3.05, 3.63) is 118 Å². The van der Waals surface area contributed by atoms with Crippen LogP contribution in [-0.2, 0) is 22.7 Å². The van der Waals surface area contributed by atoms with Gasteiger partial charge in [0.2, 0.25) is 24.7 Å². The average Bonchev–Trinajstić information content (AvgIpc) is 3.22. The predicted octanol–water partition coefficient (Wildman–Crippen LogP) is 2.32. The van der Waals surface area contributed by atoms with Gasteiger partial charge in [-0.1, -0.05) is 0 Å². The van der Waals surface area contributed by atoms with Crippen molar-refractivity contribution < 1.29 is 33.9 Å². The fraction of sp³-hybridized carbons (Fsp3) is 0.0556. The van der Waals surface area contributed by atoms with E-state index >= 15 is 0 Å². The molecular formula is C36H29N15O8. The summed E-state index contributed by atoms with van der Waals surface area (Å²) in [7, 11) is 0. The molecule has 23 heteroatoms. The molecule has 3 aromatic carbocycles. The Morgan fingerprint density at radius 3 is 1.51 bits per heavy atom. The molecule has 0 saturated carbocycles. The number of rotatable bonds is 12. The maximum atomic E-state index is 12.4. The average molecular weight is 800 g/mol. The van der Waals surface area contributed by atoms with Gasteiger partial charge in [0.05, 0.1) is 52.9 Å². The van der Waals surface area contributed by atoms with Crippen molar-refractivity contribution in [1.82, 2.24) is 39.9 Å². The molecule has 9 N–H and O–H groups in total. The highest BCUT2D eigenvalue weighted by atomic mass is 16.6. The maximum Gasteiger partial charge on any atom is 0.343 e. The van der Waals surface area contributed by atoms with Crippen molar-refractivity contribution in [2.75, 3.05) is 32.7 Å². The van der Waals surface area contributed by atoms with Crippen molar-refractivity contribution >= 4 is 87.7 Å². The number of nitro benzene ring substituents is 1. The van der Waals surface area contributed by atoms with Crippen molar-refractivity contribution in [1.29, 1.82) is 0 Å². The molecule has 0 aliphatic rings. The van der Waals surface area contributed by atoms with Gasteiger partial charge in [-0.25, -0.2) is 29.5 Å². The summed E-state index contributed by atoms with van der Waals surface area (Å²) in [5.41, 5.74) is 25.9. The van der Waals surface area contributed by atoms with E-state index in [4.69, 9.17) is 32.8 Å². The number of esters is 1. The van der Waals surface area contributed by atoms with Crippen molar-refractivity contribution in [2.24, 2.45) is 0 Å². The summed E-state index contributed by atoms with van der Waals surface area (Å²) in [6.07, 6.45) is 4.13. The summed E-state index contributed by atoms with van der Waals surface area (Å²) >= 11 is 0. The van der Waals surface area contributed by atoms with Gasteiger partial charge in [0.25, 0.3) is 5.69 Å². The van der Waals surface area contributed by atoms with E-state index in [0.29, 0.717) is 41.1 Å². The molecule has 4 heterocycles. The number of nitro groups is 1. The maximum absolute atomic E-state index is 12.4. The van der Waals surface area contributed by atoms with Gasteiger partial charge in [0.15, 0.2) is 34.0 Å². The second-order valence-electron chi connectivity index (χ2n) is 12.0. The van der Waals surface area contributed by atoms with Gasteiger partial charge >= 0.3 is 11.9 Å². The van der Waals surface area contributed by atoms with E-state index in [0.717, 1.165) is 0 Å². The number of aromatic nitrogens is 8. The fourth-order valence-corrected chi connectivity index (χ4v) is 5.23. The molecule has 0 fully saturated rings. The zero-order chi connectivity index (χ0) is 42.2. The van der Waals surface area contributed by atoms with E-state index in [-0.39, 0.29) is 76.0 Å². The van der Waals surface area contributed by atoms with Gasteiger partial charge in [-0.05, 0) is 60.7 Å². The molecule has 23 nitrogen and oxygen atoms in total. The first-order valence-corrected chi connectivity index (χ1v) is 16.7. The number of amides is 2. The monoisotopic (exact) mass is 799 g/mol. The summed E-state index contributed by atoms with van der Waals surface area (Å²) < 4.78 is 5.22. The number of carboxylic acid groups (broad SMARTS) is 1. The Morgan fingerprint density at radius 2 is 1.10 bits per heavy atom. The molecule has 7 aromatic rings. The van der Waals surface area contributed by atoms with Crippen LogP contribution in [0.4, 0.5) is 40.6 Å². The van der Waals surface area contributed by atoms with Crippen molar-refractivity contribution in [3.8, 4) is 5.75 Å². The Kier molecular flexibility index (Phi) is 11.6. The number of fused-ring (bicyclic) bond motifs is 2. The van der Waals surface area contributed by atoms with Crippen molar-refractivity contribution in [2.45, 2.75) is 13.1 Å². The number of benzene rings is 3. The van der Waals surface area contributed by atoms with E-state index in [2.05, 4.69) is 39.9 Å². The quantitative estimate of drug-likeness (QED) is 0.0389. The van der Waals surface area contributed by atoms with Gasteiger partial charge < -0.3 is 42.6 Å². The molecule has 7 rings (SSSR count). The lowest BCUT2D eigenvalue weighted by molar-refractivity contribution is -0.384. The molecule has 0 aliphatic carbocycles. The number of ether oxygens (including phenoxy) is 1. The molecule has 4 aromatic heterocycles. The molecule has 0 bridgehead atoms. The van der Waals surface area contributed by atoms with Gasteiger partial charge in [0, 0.05) is 23.5 Å². The summed E-state index contributed by atoms with van der Waals surface area (Å²) in [6.45, 7) is 0.186. The lowest BCUT2D eigenvalue weighted by Crippen LogP contribution is -2.21. The summed E-state index contributed by atoms with van der Waals surface area (Å²) in [6, 6.07) is 17.1. The van der Waals surface area contributed by atoms with E-state index in [1.54, 1.807) is 12.1 Å². The number of nitrogen functional groups attached to an aromatic ring is 4. The molecule has 0 radical (unpaired) electrons. The van der Waals surface area contributed by atoms with Gasteiger partial charge in [-0.15, -0.1) is 0 Å². The van der Waals surface area contributed by atoms with Crippen LogP contribution in [0.5, 0.6) is 5.75 Å². The van der Waals surface area contributed by atoms with Crippen molar-refractivity contribution in [3.63, 3.8) is 0 Å². The highest BCUT2D eigenvalue weighted by Gasteiger charge is 2.16. The number of carboxylic acids is 1. The molecule has 0 spiro atoms. The van der Waals surface area contributed by atoms with Crippen LogP contribution >= 0.6 is 0 Å². The van der Waals surface area contributed by atoms with Crippen LogP contribution in [0.25, 0.3) is 22.3 Å². The standard InChI is InChI=1S/C21H16N8O5.C15H13N7O3/c22-18-17-19(27-21(23)26-18)24-9-13(25-17)10-28(11-30)14-3-1-12(2-4-14)20(31)34-16-7-5-15(6-8-16)29(32)33;16-12-11-13(21-15(17)20-12)18-5-9(19-11)6-22(7-23)10-3-1-8(2-4-10)14(24)25/h1-9,11H,10H2,(H4,22,23,24,26,27);1-5,7H,6H2,(H,24,25)(H4,16,17,18,20,21). The predicted molar refractivity (Wildman–Crippen MR) is 210 cm³/mol. The summed E-state index contributed by atoms with van der Waals surface area (Å²) in [5, 5.41) is 19.6. The number of carbonyl (C=O) groups excluding carboxylic acids is 3. The van der Waals surface area contributed by atoms with Gasteiger partial charge in [0.1, 0.15) is 5.75 Å². The largest absolute Gasteiger partial charge is 0.478 e. The normalized spacial score (nSPS) is 10.6. The molecule has 0 atom stereocenters. The topological polar surface area (TPSA) is 355 Å². The Bertz CT molecular complexity index is 2720. The van der Waals surface area contributed by atoms with Crippen LogP contribution < -0.4 is 37.5 Å². The fourth-order valence-electron chi connectivity index (χ4n) is 5.23. The van der Waals surface area contributed by atoms with E-state index in [1.807, 2.05) is 0 Å². The summed E-state index contributed by atoms with van der Waals surface area (Å²) in [5.74, 6) is -1.39. The molecule has 0 saturated heterocycles. The SMILES string of the molecule is Nc1nc(N)c2nc(CN(C=O)c3ccc(C(=O)O)cc3)cnc2n1.Nc1nc(N)c2nc(CN(C=O)c3ccc(C(=O)Oc4ccc([N+](=O)[O-])cc4)cc3)cnc2n1. The first-order chi connectivity index (χ1) is 28.3. The van der Waals surface area contributed by atoms with Crippen LogP contribution in [0.1, 0.15) is 32.1 Å². The first kappa shape index (κ1) is 39.7. The van der Waals surface area contributed by atoms with E-state index < -0.39 is 16.9 Å². The van der Waals surface area contributed by atoms with Crippen LogP contribution in [0.15, 0.2) is 85.2 Å². The number of carbonyl (C=O) groups is 4. The third-order valence-corrected chi connectivity index (χ3v) is 8.06. The molecule has 0 unspecified atom stereocenters. The summed E-state index contributed by atoms with van der Waals surface area (Å²) in [4.78, 5) is 91.8. The zero-order valence-corrected chi connectivity index (χ0v) is 30.2. The van der Waals surface area contributed by atoms with Crippen LogP contribution in [0, 0.1) is 10.1 Å². The zero-order valence-electron chi connectivity index (χ0n) is 30.2. The lowest BCUT2D eigenvalue weighted by Gasteiger charge is -2.17. The highest BCUT2D eigenvalue weighted by molar-refractivity contribution is 5.92. The minimum atomic E-state index is -1.04. The van der Waals surface area contributed by atoms with Crippen LogP contribution in [0.2, 0.25) is 0 Å². The third-order valence-electron chi connectivity index (χ3n) is 8.06. The lowest BCUT2D eigenvalue weighted by atomic mass is 10.2. The van der Waals surface area contributed by atoms with E-state index in [1.165, 1.54) is 82.9 Å². The third kappa shape index (κ3) is 9.45. The van der Waals surface area contributed by atoms with Crippen LogP contribution in [-0.4, -0.2) is 74.7 Å². The van der Waals surface area contributed by atoms with Crippen LogP contribution in [0.3, 0.4) is 0 Å². The van der Waals surface area contributed by atoms with Gasteiger partial charge in [-0.3, -0.25) is 19.7 Å². The number of nitrogens with zero attached hydrogens (tertiary/aromatic N) is 11. The van der Waals surface area contributed by atoms with E-state index in [9.17, 15) is 29.3 Å². The first-order valence-electron chi connectivity index (χ1n) is 16.7. The smallest absolute Gasteiger partial charge is 0.343 e. The highest BCUT2D eigenvalue weighted by Crippen LogP contribution is 2.22. The number of anilines is 6. The Morgan fingerprint density at radius 1 is 0.661 bits per heavy atom. The molecule has 296 valence electrons. The second-order valence-corrected chi connectivity index (χ2v) is 12.0.